The van der Waals surface area contributed by atoms with Crippen molar-refractivity contribution in [2.24, 2.45) is 5.73 Å². The number of methoxy groups -OCH3 is 1. The third-order valence-corrected chi connectivity index (χ3v) is 3.79. The van der Waals surface area contributed by atoms with Crippen molar-refractivity contribution in [3.05, 3.63) is 29.6 Å². The largest absolute Gasteiger partial charge is 0.494 e. The lowest BCUT2D eigenvalue weighted by Crippen LogP contribution is -2.51. The van der Waals surface area contributed by atoms with E-state index in [4.69, 9.17) is 15.2 Å². The van der Waals surface area contributed by atoms with Gasteiger partial charge in [-0.2, -0.15) is 0 Å². The van der Waals surface area contributed by atoms with E-state index >= 15 is 0 Å². The molecule has 0 amide bonds. The summed E-state index contributed by atoms with van der Waals surface area (Å²) in [5.41, 5.74) is 7.08. The summed E-state index contributed by atoms with van der Waals surface area (Å²) in [6, 6.07) is 4.84. The predicted molar refractivity (Wildman–Crippen MR) is 76.5 cm³/mol. The van der Waals surface area contributed by atoms with Crippen LogP contribution in [0, 0.1) is 5.82 Å². The van der Waals surface area contributed by atoms with Gasteiger partial charge in [-0.25, -0.2) is 4.39 Å². The maximum absolute atomic E-state index is 13.7. The Morgan fingerprint density at radius 3 is 3.00 bits per heavy atom. The predicted octanol–water partition coefficient (Wildman–Crippen LogP) is 1.42. The highest BCUT2D eigenvalue weighted by atomic mass is 19.1. The van der Waals surface area contributed by atoms with Crippen molar-refractivity contribution in [2.45, 2.75) is 25.5 Å². The van der Waals surface area contributed by atoms with Gasteiger partial charge in [0, 0.05) is 19.1 Å². The molecular formula is C15H23FN2O2. The zero-order valence-electron chi connectivity index (χ0n) is 12.1. The van der Waals surface area contributed by atoms with Crippen LogP contribution in [0.15, 0.2) is 18.2 Å². The zero-order valence-corrected chi connectivity index (χ0v) is 12.1. The van der Waals surface area contributed by atoms with E-state index in [-0.39, 0.29) is 23.7 Å². The van der Waals surface area contributed by atoms with Gasteiger partial charge in [-0.05, 0) is 30.7 Å². The van der Waals surface area contributed by atoms with Gasteiger partial charge >= 0.3 is 0 Å². The van der Waals surface area contributed by atoms with Crippen LogP contribution < -0.4 is 10.5 Å². The number of nitrogens with zero attached hydrogens (tertiary/aromatic N) is 1. The number of rotatable bonds is 5. The molecule has 112 valence electrons. The second-order valence-corrected chi connectivity index (χ2v) is 5.14. The van der Waals surface area contributed by atoms with Crippen LogP contribution in [0.3, 0.4) is 0 Å². The number of nitrogens with two attached hydrogens (primary N) is 1. The van der Waals surface area contributed by atoms with Crippen molar-refractivity contribution in [3.63, 3.8) is 0 Å². The summed E-state index contributed by atoms with van der Waals surface area (Å²) in [6.45, 7) is 5.65. The van der Waals surface area contributed by atoms with Gasteiger partial charge in [0.2, 0.25) is 0 Å². The Morgan fingerprint density at radius 2 is 2.35 bits per heavy atom. The first-order valence-corrected chi connectivity index (χ1v) is 7.06. The summed E-state index contributed by atoms with van der Waals surface area (Å²) in [7, 11) is 1.46. The van der Waals surface area contributed by atoms with Crippen LogP contribution in [0.2, 0.25) is 0 Å². The Kier molecular flexibility index (Phi) is 5.34. The number of halogens is 1. The van der Waals surface area contributed by atoms with Gasteiger partial charge in [-0.15, -0.1) is 0 Å². The molecule has 4 nitrogen and oxygen atoms in total. The van der Waals surface area contributed by atoms with Crippen LogP contribution in [0.5, 0.6) is 5.75 Å². The number of ether oxygens (including phenoxy) is 2. The molecule has 2 N–H and O–H groups in total. The molecule has 1 aliphatic rings. The van der Waals surface area contributed by atoms with Crippen molar-refractivity contribution in [3.8, 4) is 5.75 Å². The molecule has 0 radical (unpaired) electrons. The molecule has 5 heteroatoms. The number of likely N-dealkylation sites (N-methyl/N-ethyl adjacent to an activating group) is 1. The van der Waals surface area contributed by atoms with E-state index in [1.165, 1.54) is 13.2 Å². The minimum atomic E-state index is -0.350. The quantitative estimate of drug-likeness (QED) is 0.887. The minimum absolute atomic E-state index is 0.00821. The highest BCUT2D eigenvalue weighted by Gasteiger charge is 2.25. The van der Waals surface area contributed by atoms with E-state index in [2.05, 4.69) is 11.8 Å². The van der Waals surface area contributed by atoms with Crippen LogP contribution in [0.1, 0.15) is 12.5 Å². The monoisotopic (exact) mass is 282 g/mol. The summed E-state index contributed by atoms with van der Waals surface area (Å²) in [6.07, 6.45) is 0.609. The summed E-state index contributed by atoms with van der Waals surface area (Å²) in [5, 5.41) is 0. The molecule has 2 atom stereocenters. The van der Waals surface area contributed by atoms with Crippen molar-refractivity contribution >= 4 is 0 Å². The van der Waals surface area contributed by atoms with Crippen molar-refractivity contribution in [1.82, 2.24) is 4.90 Å². The van der Waals surface area contributed by atoms with Gasteiger partial charge in [0.15, 0.2) is 11.6 Å². The molecule has 1 fully saturated rings. The van der Waals surface area contributed by atoms with Gasteiger partial charge in [-0.1, -0.05) is 13.0 Å². The smallest absolute Gasteiger partial charge is 0.165 e. The third-order valence-electron chi connectivity index (χ3n) is 3.79. The van der Waals surface area contributed by atoms with Crippen LogP contribution in [-0.4, -0.2) is 50.4 Å². The molecule has 1 saturated heterocycles. The lowest BCUT2D eigenvalue weighted by molar-refractivity contribution is -0.0385. The van der Waals surface area contributed by atoms with E-state index in [9.17, 15) is 4.39 Å². The molecule has 1 aromatic rings. The van der Waals surface area contributed by atoms with Gasteiger partial charge in [-0.3, -0.25) is 4.90 Å². The lowest BCUT2D eigenvalue weighted by atomic mass is 10.0. The van der Waals surface area contributed by atoms with Gasteiger partial charge in [0.05, 0.1) is 19.8 Å². The fraction of sp³-hybridized carbons (Fsp3) is 0.600. The fourth-order valence-electron chi connectivity index (χ4n) is 2.52. The van der Waals surface area contributed by atoms with Crippen LogP contribution in [0.25, 0.3) is 0 Å². The first-order valence-electron chi connectivity index (χ1n) is 7.06. The molecule has 0 aliphatic carbocycles. The van der Waals surface area contributed by atoms with Crippen molar-refractivity contribution in [1.29, 1.82) is 0 Å². The molecule has 0 bridgehead atoms. The van der Waals surface area contributed by atoms with E-state index in [1.807, 2.05) is 6.07 Å². The van der Waals surface area contributed by atoms with Crippen LogP contribution in [-0.2, 0) is 11.2 Å². The first-order chi connectivity index (χ1) is 9.63. The molecule has 1 heterocycles. The molecular weight excluding hydrogens is 259 g/mol. The molecule has 1 aromatic carbocycles. The number of morpholine rings is 1. The molecule has 1 aliphatic heterocycles. The van der Waals surface area contributed by atoms with E-state index in [0.717, 1.165) is 25.2 Å². The Morgan fingerprint density at radius 1 is 1.55 bits per heavy atom. The highest BCUT2D eigenvalue weighted by Crippen LogP contribution is 2.19. The number of benzene rings is 1. The van der Waals surface area contributed by atoms with E-state index in [1.54, 1.807) is 6.07 Å². The Bertz CT molecular complexity index is 442. The molecule has 2 unspecified atom stereocenters. The maximum Gasteiger partial charge on any atom is 0.165 e. The van der Waals surface area contributed by atoms with Gasteiger partial charge in [0.25, 0.3) is 0 Å². The molecule has 0 spiro atoms. The topological polar surface area (TPSA) is 47.7 Å². The average Bonchev–Trinajstić information content (AvgIpc) is 2.47. The number of hydrogen-bond donors (Lipinski definition) is 1. The normalized spacial score (nSPS) is 21.7. The van der Waals surface area contributed by atoms with E-state index < -0.39 is 0 Å². The highest BCUT2D eigenvalue weighted by molar-refractivity contribution is 5.29. The molecule has 20 heavy (non-hydrogen) atoms. The second kappa shape index (κ2) is 7.02. The Labute approximate surface area is 119 Å². The van der Waals surface area contributed by atoms with Crippen LogP contribution >= 0.6 is 0 Å². The fourth-order valence-corrected chi connectivity index (χ4v) is 2.52. The zero-order chi connectivity index (χ0) is 14.5. The third kappa shape index (κ3) is 3.69. The summed E-state index contributed by atoms with van der Waals surface area (Å²) in [4.78, 5) is 2.32. The molecule has 2 rings (SSSR count). The number of hydrogen-bond acceptors (Lipinski definition) is 4. The standard InChI is InChI=1S/C15H23FN2O2/c1-3-18-6-7-20-15(10-18)13(17)9-11-4-5-14(19-2)12(16)8-11/h4-5,8,13,15H,3,6-7,9-10,17H2,1-2H3. The molecule has 0 saturated carbocycles. The minimum Gasteiger partial charge on any atom is -0.494 e. The van der Waals surface area contributed by atoms with Crippen molar-refractivity contribution < 1.29 is 13.9 Å². The Balaban J connectivity index is 1.96. The maximum atomic E-state index is 13.7. The first kappa shape index (κ1) is 15.2. The lowest BCUT2D eigenvalue weighted by Gasteiger charge is -2.35. The van der Waals surface area contributed by atoms with E-state index in [0.29, 0.717) is 13.0 Å². The molecule has 0 aromatic heterocycles. The summed E-state index contributed by atoms with van der Waals surface area (Å²) in [5.74, 6) is -0.0923. The average molecular weight is 282 g/mol. The van der Waals surface area contributed by atoms with Crippen molar-refractivity contribution in [2.75, 3.05) is 33.4 Å². The van der Waals surface area contributed by atoms with Crippen LogP contribution in [0.4, 0.5) is 4.39 Å². The SMILES string of the molecule is CCN1CCOC(C(N)Cc2ccc(OC)c(F)c2)C1. The summed E-state index contributed by atoms with van der Waals surface area (Å²) < 4.78 is 24.3. The van der Waals surface area contributed by atoms with Gasteiger partial charge < -0.3 is 15.2 Å². The van der Waals surface area contributed by atoms with Gasteiger partial charge in [0.1, 0.15) is 0 Å². The Hall–Kier alpha value is -1.17. The second-order valence-electron chi connectivity index (χ2n) is 5.14. The summed E-state index contributed by atoms with van der Waals surface area (Å²) >= 11 is 0.